The van der Waals surface area contributed by atoms with E-state index in [1.807, 2.05) is 4.72 Å². The van der Waals surface area contributed by atoms with Crippen LogP contribution in [-0.4, -0.2) is 31.6 Å². The molecule has 0 saturated heterocycles. The molecule has 0 atom stereocenters. The van der Waals surface area contributed by atoms with Crippen molar-refractivity contribution in [1.82, 2.24) is 5.32 Å². The Labute approximate surface area is 167 Å². The second-order valence-corrected chi connectivity index (χ2v) is 8.81. The van der Waals surface area contributed by atoms with Crippen LogP contribution in [0, 0.1) is 11.6 Å². The van der Waals surface area contributed by atoms with Gasteiger partial charge in [0.25, 0.3) is 15.9 Å². The number of phenols is 2. The maximum atomic E-state index is 14.7. The van der Waals surface area contributed by atoms with Crippen LogP contribution in [0.25, 0.3) is 0 Å². The van der Waals surface area contributed by atoms with E-state index in [0.29, 0.717) is 12.8 Å². The number of amides is 1. The lowest BCUT2D eigenvalue weighted by Gasteiger charge is -2.16. The van der Waals surface area contributed by atoms with Gasteiger partial charge in [-0.25, -0.2) is 17.2 Å². The molecule has 2 aromatic carbocycles. The SMILES string of the molecule is CNC(=O)c1c(O)c(NS(=O)(=O)c2cc(Br)cc(F)c2O)cc(C2CC2)c1F. The van der Waals surface area contributed by atoms with Gasteiger partial charge in [-0.1, -0.05) is 15.9 Å². The predicted octanol–water partition coefficient (Wildman–Crippen LogP) is 3.18. The molecule has 1 saturated carbocycles. The number of phenolic OH excluding ortho intramolecular Hbond substituents is 2. The zero-order valence-corrected chi connectivity index (χ0v) is 16.8. The molecule has 0 aliphatic heterocycles. The number of rotatable bonds is 5. The average molecular weight is 477 g/mol. The topological polar surface area (TPSA) is 116 Å². The molecule has 28 heavy (non-hydrogen) atoms. The number of sulfonamides is 1. The quantitative estimate of drug-likeness (QED) is 0.494. The van der Waals surface area contributed by atoms with Crippen molar-refractivity contribution >= 4 is 37.5 Å². The molecule has 2 aromatic rings. The molecule has 0 heterocycles. The molecule has 7 nitrogen and oxygen atoms in total. The normalized spacial score (nSPS) is 14.0. The molecule has 0 aromatic heterocycles. The molecule has 150 valence electrons. The summed E-state index contributed by atoms with van der Waals surface area (Å²) in [6.45, 7) is 0. The van der Waals surface area contributed by atoms with Gasteiger partial charge in [0, 0.05) is 11.5 Å². The van der Waals surface area contributed by atoms with Gasteiger partial charge >= 0.3 is 0 Å². The first-order valence-corrected chi connectivity index (χ1v) is 10.3. The Hall–Kier alpha value is -2.40. The van der Waals surface area contributed by atoms with Crippen LogP contribution < -0.4 is 10.0 Å². The minimum Gasteiger partial charge on any atom is -0.505 e. The lowest BCUT2D eigenvalue weighted by molar-refractivity contribution is 0.0956. The second-order valence-electron chi connectivity index (χ2n) is 6.24. The van der Waals surface area contributed by atoms with Gasteiger partial charge in [0.15, 0.2) is 17.3 Å². The van der Waals surface area contributed by atoms with Crippen LogP contribution in [0.3, 0.4) is 0 Å². The van der Waals surface area contributed by atoms with E-state index < -0.39 is 55.2 Å². The second kappa shape index (κ2) is 7.21. The smallest absolute Gasteiger partial charge is 0.265 e. The largest absolute Gasteiger partial charge is 0.505 e. The first-order valence-electron chi connectivity index (χ1n) is 8.05. The van der Waals surface area contributed by atoms with Crippen LogP contribution >= 0.6 is 15.9 Å². The van der Waals surface area contributed by atoms with Crippen molar-refractivity contribution in [3.8, 4) is 11.5 Å². The van der Waals surface area contributed by atoms with Crippen molar-refractivity contribution < 1.29 is 32.2 Å². The Kier molecular flexibility index (Phi) is 5.24. The molecular weight excluding hydrogens is 462 g/mol. The molecule has 0 spiro atoms. The van der Waals surface area contributed by atoms with Gasteiger partial charge in [0.2, 0.25) is 0 Å². The van der Waals surface area contributed by atoms with E-state index in [2.05, 4.69) is 21.2 Å². The highest BCUT2D eigenvalue weighted by molar-refractivity contribution is 9.10. The highest BCUT2D eigenvalue weighted by Gasteiger charge is 2.33. The van der Waals surface area contributed by atoms with E-state index in [4.69, 9.17) is 0 Å². The fourth-order valence-electron chi connectivity index (χ4n) is 2.72. The van der Waals surface area contributed by atoms with Crippen molar-refractivity contribution in [1.29, 1.82) is 0 Å². The molecule has 0 unspecified atom stereocenters. The van der Waals surface area contributed by atoms with Crippen LogP contribution in [0.2, 0.25) is 0 Å². The van der Waals surface area contributed by atoms with E-state index >= 15 is 0 Å². The minimum absolute atomic E-state index is 0.0521. The monoisotopic (exact) mass is 476 g/mol. The first-order chi connectivity index (χ1) is 13.1. The zero-order chi connectivity index (χ0) is 20.8. The Morgan fingerprint density at radius 3 is 2.39 bits per heavy atom. The fourth-order valence-corrected chi connectivity index (χ4v) is 4.49. The molecule has 1 amide bonds. The number of hydrogen-bond donors (Lipinski definition) is 4. The van der Waals surface area contributed by atoms with Crippen molar-refractivity contribution in [2.45, 2.75) is 23.7 Å². The first kappa shape index (κ1) is 20.3. The van der Waals surface area contributed by atoms with E-state index in [0.717, 1.165) is 18.2 Å². The molecule has 4 N–H and O–H groups in total. The van der Waals surface area contributed by atoms with Crippen LogP contribution in [0.15, 0.2) is 27.6 Å². The van der Waals surface area contributed by atoms with Crippen LogP contribution in [0.5, 0.6) is 11.5 Å². The van der Waals surface area contributed by atoms with Crippen LogP contribution in [0.1, 0.15) is 34.7 Å². The van der Waals surface area contributed by atoms with Crippen molar-refractivity contribution in [3.05, 3.63) is 45.4 Å². The standard InChI is InChI=1S/C17H15BrF2N2O5S/c1-21-17(25)13-14(20)9(7-2-3-7)6-11(16(13)24)22-28(26,27)12-5-8(18)4-10(19)15(12)23/h4-7,22-24H,2-3H2,1H3,(H,21,25). The number of aromatic hydroxyl groups is 2. The number of benzene rings is 2. The zero-order valence-electron chi connectivity index (χ0n) is 14.4. The summed E-state index contributed by atoms with van der Waals surface area (Å²) in [6.07, 6.45) is 1.30. The number of nitrogens with one attached hydrogen (secondary N) is 2. The Balaban J connectivity index is 2.14. The van der Waals surface area contributed by atoms with Crippen LogP contribution in [-0.2, 0) is 10.0 Å². The third-order valence-corrected chi connectivity index (χ3v) is 6.10. The van der Waals surface area contributed by atoms with Gasteiger partial charge in [-0.15, -0.1) is 0 Å². The van der Waals surface area contributed by atoms with Gasteiger partial charge in [0.05, 0.1) is 5.69 Å². The van der Waals surface area contributed by atoms with Crippen molar-refractivity contribution in [2.75, 3.05) is 11.8 Å². The summed E-state index contributed by atoms with van der Waals surface area (Å²) in [5.41, 5.74) is -1.07. The number of hydrogen-bond acceptors (Lipinski definition) is 5. The predicted molar refractivity (Wildman–Crippen MR) is 100 cm³/mol. The van der Waals surface area contributed by atoms with Gasteiger partial charge < -0.3 is 15.5 Å². The summed E-state index contributed by atoms with van der Waals surface area (Å²) in [5, 5.41) is 22.3. The van der Waals surface area contributed by atoms with Gasteiger partial charge in [-0.3, -0.25) is 9.52 Å². The van der Waals surface area contributed by atoms with Crippen molar-refractivity contribution in [2.24, 2.45) is 0 Å². The third-order valence-electron chi connectivity index (χ3n) is 4.26. The molecule has 1 fully saturated rings. The highest BCUT2D eigenvalue weighted by atomic mass is 79.9. The van der Waals surface area contributed by atoms with Gasteiger partial charge in [-0.2, -0.15) is 0 Å². The molecule has 1 aliphatic rings. The number of carbonyl (C=O) groups is 1. The lowest BCUT2D eigenvalue weighted by Crippen LogP contribution is -2.21. The highest BCUT2D eigenvalue weighted by Crippen LogP contribution is 2.46. The molecule has 3 rings (SSSR count). The minimum atomic E-state index is -4.58. The summed E-state index contributed by atoms with van der Waals surface area (Å²) in [7, 11) is -3.35. The summed E-state index contributed by atoms with van der Waals surface area (Å²) in [6, 6.07) is 2.93. The number of halogens is 3. The summed E-state index contributed by atoms with van der Waals surface area (Å²) in [5.74, 6) is -5.29. The molecule has 1 aliphatic carbocycles. The maximum absolute atomic E-state index is 14.7. The molecular formula is C17H15BrF2N2O5S. The maximum Gasteiger partial charge on any atom is 0.265 e. The van der Waals surface area contributed by atoms with E-state index in [9.17, 15) is 32.2 Å². The Bertz CT molecular complexity index is 1090. The Morgan fingerprint density at radius 1 is 1.18 bits per heavy atom. The van der Waals surface area contributed by atoms with Crippen molar-refractivity contribution in [3.63, 3.8) is 0 Å². The molecule has 0 bridgehead atoms. The Morgan fingerprint density at radius 2 is 1.82 bits per heavy atom. The van der Waals surface area contributed by atoms with Gasteiger partial charge in [-0.05, 0) is 42.5 Å². The van der Waals surface area contributed by atoms with Gasteiger partial charge in [0.1, 0.15) is 16.3 Å². The lowest BCUT2D eigenvalue weighted by atomic mass is 10.0. The number of carbonyl (C=O) groups excluding carboxylic acids is 1. The third kappa shape index (κ3) is 3.63. The fraction of sp³-hybridized carbons (Fsp3) is 0.235. The molecule has 11 heteroatoms. The summed E-state index contributed by atoms with van der Waals surface area (Å²) < 4.78 is 55.7. The van der Waals surface area contributed by atoms with E-state index in [1.54, 1.807) is 0 Å². The summed E-state index contributed by atoms with van der Waals surface area (Å²) in [4.78, 5) is 11.2. The van der Waals surface area contributed by atoms with Crippen LogP contribution in [0.4, 0.5) is 14.5 Å². The van der Waals surface area contributed by atoms with E-state index in [-0.39, 0.29) is 16.0 Å². The number of anilines is 1. The molecule has 0 radical (unpaired) electrons. The summed E-state index contributed by atoms with van der Waals surface area (Å²) >= 11 is 2.93. The average Bonchev–Trinajstić information content (AvgIpc) is 3.45. The van der Waals surface area contributed by atoms with E-state index in [1.165, 1.54) is 7.05 Å².